The molecule has 0 atom stereocenters. The van der Waals surface area contributed by atoms with Gasteiger partial charge in [-0.15, -0.1) is 0 Å². The Labute approximate surface area is 89.1 Å². The molecular weight excluding hydrogens is 252 g/mol. The van der Waals surface area contributed by atoms with E-state index in [-0.39, 0.29) is 0 Å². The number of nitrogens with two attached hydrogens (primary N) is 2. The Balaban J connectivity index is 3.68. The molecular formula is C6H6ClF2N3O2S. The normalized spacial score (nSPS) is 12.1. The third kappa shape index (κ3) is 2.33. The Morgan fingerprint density at radius 1 is 1.47 bits per heavy atom. The summed E-state index contributed by atoms with van der Waals surface area (Å²) in [6.45, 7) is 0. The minimum Gasteiger partial charge on any atom is -0.397 e. The maximum absolute atomic E-state index is 12.5. The van der Waals surface area contributed by atoms with Gasteiger partial charge in [-0.2, -0.15) is 0 Å². The van der Waals surface area contributed by atoms with Crippen molar-refractivity contribution in [3.05, 3.63) is 16.9 Å². The van der Waals surface area contributed by atoms with E-state index in [1.165, 1.54) is 0 Å². The molecule has 0 aliphatic carbocycles. The van der Waals surface area contributed by atoms with Crippen molar-refractivity contribution in [2.75, 3.05) is 5.73 Å². The van der Waals surface area contributed by atoms with Gasteiger partial charge < -0.3 is 5.73 Å². The number of anilines is 1. The van der Waals surface area contributed by atoms with Gasteiger partial charge in [-0.25, -0.2) is 27.3 Å². The van der Waals surface area contributed by atoms with Gasteiger partial charge in [0.1, 0.15) is 10.0 Å². The summed E-state index contributed by atoms with van der Waals surface area (Å²) >= 11 is 5.37. The van der Waals surface area contributed by atoms with E-state index >= 15 is 0 Å². The van der Waals surface area contributed by atoms with Gasteiger partial charge in [-0.3, -0.25) is 0 Å². The quantitative estimate of drug-likeness (QED) is 0.769. The second-order valence-corrected chi connectivity index (χ2v) is 4.45. The lowest BCUT2D eigenvalue weighted by Gasteiger charge is -2.10. The third-order valence-corrected chi connectivity index (χ3v) is 2.94. The van der Waals surface area contributed by atoms with Crippen LogP contribution in [0.25, 0.3) is 0 Å². The summed E-state index contributed by atoms with van der Waals surface area (Å²) in [4.78, 5) is 2.40. The van der Waals surface area contributed by atoms with Crippen LogP contribution in [0.1, 0.15) is 12.0 Å². The molecule has 1 aromatic heterocycles. The van der Waals surface area contributed by atoms with Gasteiger partial charge in [0.2, 0.25) is 10.0 Å². The van der Waals surface area contributed by atoms with Crippen molar-refractivity contribution in [3.8, 4) is 0 Å². The Morgan fingerprint density at radius 3 is 2.33 bits per heavy atom. The molecule has 0 amide bonds. The van der Waals surface area contributed by atoms with Crippen molar-refractivity contribution in [2.45, 2.75) is 11.3 Å². The molecule has 1 rings (SSSR count). The number of hydrogen-bond donors (Lipinski definition) is 2. The second kappa shape index (κ2) is 3.87. The summed E-state index contributed by atoms with van der Waals surface area (Å²) in [5.41, 5.74) is 3.77. The highest BCUT2D eigenvalue weighted by Gasteiger charge is 2.27. The number of primary sulfonamides is 1. The van der Waals surface area contributed by atoms with Crippen LogP contribution in [0.15, 0.2) is 11.1 Å². The van der Waals surface area contributed by atoms with Crippen molar-refractivity contribution >= 4 is 27.3 Å². The molecule has 1 heterocycles. The van der Waals surface area contributed by atoms with Crippen LogP contribution in [-0.2, 0) is 10.0 Å². The average molecular weight is 258 g/mol. The van der Waals surface area contributed by atoms with Crippen molar-refractivity contribution in [1.29, 1.82) is 0 Å². The maximum atomic E-state index is 12.5. The number of pyridine rings is 1. The molecule has 0 bridgehead atoms. The average Bonchev–Trinajstić information content (AvgIpc) is 2.05. The zero-order chi connectivity index (χ0) is 11.8. The Morgan fingerprint density at radius 2 is 2.00 bits per heavy atom. The van der Waals surface area contributed by atoms with Crippen molar-refractivity contribution in [3.63, 3.8) is 0 Å². The van der Waals surface area contributed by atoms with Gasteiger partial charge in [0, 0.05) is 0 Å². The number of rotatable bonds is 2. The fraction of sp³-hybridized carbons (Fsp3) is 0.167. The predicted octanol–water partition coefficient (Wildman–Crippen LogP) is 0.902. The summed E-state index contributed by atoms with van der Waals surface area (Å²) in [7, 11) is -4.39. The number of nitrogen functional groups attached to an aromatic ring is 1. The highest BCUT2D eigenvalue weighted by molar-refractivity contribution is 7.89. The van der Waals surface area contributed by atoms with E-state index in [1.54, 1.807) is 0 Å². The van der Waals surface area contributed by atoms with E-state index in [4.69, 9.17) is 22.5 Å². The van der Waals surface area contributed by atoms with E-state index in [0.29, 0.717) is 0 Å². The molecule has 0 aliphatic rings. The van der Waals surface area contributed by atoms with Crippen LogP contribution in [0, 0.1) is 0 Å². The van der Waals surface area contributed by atoms with Crippen LogP contribution in [0.5, 0.6) is 0 Å². The van der Waals surface area contributed by atoms with Crippen LogP contribution in [0.2, 0.25) is 5.15 Å². The lowest BCUT2D eigenvalue weighted by Crippen LogP contribution is -2.17. The number of sulfonamides is 1. The van der Waals surface area contributed by atoms with Crippen molar-refractivity contribution in [2.24, 2.45) is 5.14 Å². The van der Waals surface area contributed by atoms with Crippen LogP contribution >= 0.6 is 11.6 Å². The molecule has 1 aromatic rings. The lowest BCUT2D eigenvalue weighted by molar-refractivity contribution is 0.148. The first kappa shape index (κ1) is 12.1. The standard InChI is InChI=1S/C6H6ClF2N3O2S/c7-5-4(15(11,13)14)3(6(8)9)2(10)1-12-5/h1,6H,10H2,(H2,11,13,14). The minimum atomic E-state index is -4.39. The zero-order valence-electron chi connectivity index (χ0n) is 7.12. The third-order valence-electron chi connectivity index (χ3n) is 1.56. The first-order valence-electron chi connectivity index (χ1n) is 3.50. The van der Waals surface area contributed by atoms with Crippen LogP contribution in [0.3, 0.4) is 0 Å². The number of alkyl halides is 2. The fourth-order valence-corrected chi connectivity index (χ4v) is 2.27. The molecule has 0 fully saturated rings. The van der Waals surface area contributed by atoms with Crippen molar-refractivity contribution in [1.82, 2.24) is 4.98 Å². The number of nitrogens with zero attached hydrogens (tertiary/aromatic N) is 1. The van der Waals surface area contributed by atoms with Gasteiger partial charge in [-0.05, 0) is 0 Å². The van der Waals surface area contributed by atoms with E-state index < -0.39 is 37.7 Å². The van der Waals surface area contributed by atoms with Gasteiger partial charge in [-0.1, -0.05) is 11.6 Å². The number of aromatic nitrogens is 1. The molecule has 15 heavy (non-hydrogen) atoms. The van der Waals surface area contributed by atoms with E-state index in [9.17, 15) is 17.2 Å². The van der Waals surface area contributed by atoms with E-state index in [2.05, 4.69) is 4.98 Å². The Kier molecular flexibility index (Phi) is 3.12. The molecule has 0 unspecified atom stereocenters. The van der Waals surface area contributed by atoms with Gasteiger partial charge >= 0.3 is 0 Å². The predicted molar refractivity (Wildman–Crippen MR) is 50.0 cm³/mol. The molecule has 0 saturated heterocycles. The summed E-state index contributed by atoms with van der Waals surface area (Å²) in [5, 5.41) is 4.10. The summed E-state index contributed by atoms with van der Waals surface area (Å²) in [6, 6.07) is 0. The summed E-state index contributed by atoms with van der Waals surface area (Å²) in [5.74, 6) is 0. The maximum Gasteiger partial charge on any atom is 0.267 e. The van der Waals surface area contributed by atoms with Crippen LogP contribution in [0.4, 0.5) is 14.5 Å². The molecule has 9 heteroatoms. The molecule has 0 aliphatic heterocycles. The zero-order valence-corrected chi connectivity index (χ0v) is 8.69. The van der Waals surface area contributed by atoms with E-state index in [0.717, 1.165) is 6.20 Å². The molecule has 0 spiro atoms. The number of hydrogen-bond acceptors (Lipinski definition) is 4. The first-order valence-corrected chi connectivity index (χ1v) is 5.42. The Hall–Kier alpha value is -0.990. The van der Waals surface area contributed by atoms with Gasteiger partial charge in [0.25, 0.3) is 6.43 Å². The van der Waals surface area contributed by atoms with Crippen molar-refractivity contribution < 1.29 is 17.2 Å². The fourth-order valence-electron chi connectivity index (χ4n) is 0.992. The smallest absolute Gasteiger partial charge is 0.267 e. The SMILES string of the molecule is Nc1cnc(Cl)c(S(N)(=O)=O)c1C(F)F. The van der Waals surface area contributed by atoms with Gasteiger partial charge in [0.05, 0.1) is 17.4 Å². The highest BCUT2D eigenvalue weighted by Crippen LogP contribution is 2.33. The Bertz CT molecular complexity index is 491. The monoisotopic (exact) mass is 257 g/mol. The first-order chi connectivity index (χ1) is 6.75. The lowest BCUT2D eigenvalue weighted by atomic mass is 10.2. The van der Waals surface area contributed by atoms with Crippen LogP contribution in [-0.4, -0.2) is 13.4 Å². The summed E-state index contributed by atoms with van der Waals surface area (Å²) < 4.78 is 47.0. The topological polar surface area (TPSA) is 99.1 Å². The molecule has 5 nitrogen and oxygen atoms in total. The molecule has 84 valence electrons. The minimum absolute atomic E-state index is 0.474. The molecule has 0 aromatic carbocycles. The van der Waals surface area contributed by atoms with Crippen LogP contribution < -0.4 is 10.9 Å². The van der Waals surface area contributed by atoms with Gasteiger partial charge in [0.15, 0.2) is 0 Å². The van der Waals surface area contributed by atoms with E-state index in [1.807, 2.05) is 0 Å². The number of halogens is 3. The molecule has 0 radical (unpaired) electrons. The summed E-state index contributed by atoms with van der Waals surface area (Å²) in [6.07, 6.45) is -2.25. The highest BCUT2D eigenvalue weighted by atomic mass is 35.5. The molecule has 4 N–H and O–H groups in total. The second-order valence-electron chi connectivity index (χ2n) is 2.59. The molecule has 0 saturated carbocycles. The largest absolute Gasteiger partial charge is 0.397 e.